The molecule has 0 saturated carbocycles. The van der Waals surface area contributed by atoms with Crippen LogP contribution in [0, 0.1) is 5.92 Å². The SMILES string of the molecule is CCONC(=O)C(C)C. The normalized spacial score (nSPS) is 9.78. The van der Waals surface area contributed by atoms with Gasteiger partial charge in [-0.2, -0.15) is 0 Å². The first-order valence-electron chi connectivity index (χ1n) is 3.10. The molecule has 9 heavy (non-hydrogen) atoms. The number of hydrogen-bond acceptors (Lipinski definition) is 2. The summed E-state index contributed by atoms with van der Waals surface area (Å²) >= 11 is 0. The molecule has 0 aromatic heterocycles. The topological polar surface area (TPSA) is 38.3 Å². The molecule has 0 atom stereocenters. The van der Waals surface area contributed by atoms with E-state index >= 15 is 0 Å². The molecule has 0 aromatic rings. The maximum atomic E-state index is 10.7. The van der Waals surface area contributed by atoms with Crippen molar-refractivity contribution in [3.63, 3.8) is 0 Å². The Balaban J connectivity index is 3.28. The van der Waals surface area contributed by atoms with Crippen LogP contribution in [0.3, 0.4) is 0 Å². The molecule has 0 spiro atoms. The lowest BCUT2D eigenvalue weighted by Gasteiger charge is -2.04. The maximum absolute atomic E-state index is 10.7. The maximum Gasteiger partial charge on any atom is 0.246 e. The molecule has 54 valence electrons. The molecule has 0 fully saturated rings. The van der Waals surface area contributed by atoms with Crippen LogP contribution in [0.25, 0.3) is 0 Å². The Morgan fingerprint density at radius 1 is 1.67 bits per heavy atom. The number of hydroxylamine groups is 1. The van der Waals surface area contributed by atoms with Crippen molar-refractivity contribution >= 4 is 5.91 Å². The van der Waals surface area contributed by atoms with Crippen molar-refractivity contribution in [2.24, 2.45) is 5.92 Å². The number of rotatable bonds is 3. The lowest BCUT2D eigenvalue weighted by molar-refractivity contribution is -0.136. The Morgan fingerprint density at radius 2 is 2.22 bits per heavy atom. The van der Waals surface area contributed by atoms with E-state index < -0.39 is 0 Å². The third-order valence-electron chi connectivity index (χ3n) is 0.841. The van der Waals surface area contributed by atoms with Gasteiger partial charge in [-0.05, 0) is 6.92 Å². The van der Waals surface area contributed by atoms with Gasteiger partial charge in [-0.25, -0.2) is 5.48 Å². The van der Waals surface area contributed by atoms with E-state index in [4.69, 9.17) is 0 Å². The molecule has 0 aliphatic rings. The van der Waals surface area contributed by atoms with Gasteiger partial charge in [-0.15, -0.1) is 0 Å². The molecule has 1 amide bonds. The predicted molar refractivity (Wildman–Crippen MR) is 34.6 cm³/mol. The van der Waals surface area contributed by atoms with Gasteiger partial charge in [0.25, 0.3) is 0 Å². The molecule has 0 unspecified atom stereocenters. The monoisotopic (exact) mass is 131 g/mol. The number of nitrogens with one attached hydrogen (secondary N) is 1. The highest BCUT2D eigenvalue weighted by molar-refractivity contribution is 5.76. The largest absolute Gasteiger partial charge is 0.274 e. The van der Waals surface area contributed by atoms with E-state index in [1.165, 1.54) is 0 Å². The van der Waals surface area contributed by atoms with E-state index in [-0.39, 0.29) is 11.8 Å². The summed E-state index contributed by atoms with van der Waals surface area (Å²) in [6.45, 7) is 5.96. The Morgan fingerprint density at radius 3 is 2.56 bits per heavy atom. The highest BCUT2D eigenvalue weighted by atomic mass is 16.6. The van der Waals surface area contributed by atoms with Crippen LogP contribution in [-0.4, -0.2) is 12.5 Å². The molecule has 1 N–H and O–H groups in total. The van der Waals surface area contributed by atoms with Crippen LogP contribution in [0.4, 0.5) is 0 Å². The highest BCUT2D eigenvalue weighted by Gasteiger charge is 2.04. The summed E-state index contributed by atoms with van der Waals surface area (Å²) in [5, 5.41) is 0. The first-order chi connectivity index (χ1) is 4.18. The predicted octanol–water partition coefficient (Wildman–Crippen LogP) is 0.710. The van der Waals surface area contributed by atoms with E-state index in [0.717, 1.165) is 0 Å². The van der Waals surface area contributed by atoms with Gasteiger partial charge in [-0.3, -0.25) is 9.63 Å². The molecular formula is C6H13NO2. The molecule has 0 saturated heterocycles. The van der Waals surface area contributed by atoms with Gasteiger partial charge < -0.3 is 0 Å². The van der Waals surface area contributed by atoms with Crippen LogP contribution in [0.2, 0.25) is 0 Å². The summed E-state index contributed by atoms with van der Waals surface area (Å²) in [6.07, 6.45) is 0. The summed E-state index contributed by atoms with van der Waals surface area (Å²) in [4.78, 5) is 15.3. The summed E-state index contributed by atoms with van der Waals surface area (Å²) in [6, 6.07) is 0. The van der Waals surface area contributed by atoms with E-state index in [9.17, 15) is 4.79 Å². The van der Waals surface area contributed by atoms with Gasteiger partial charge in [0.15, 0.2) is 0 Å². The van der Waals surface area contributed by atoms with Crippen molar-refractivity contribution in [1.82, 2.24) is 5.48 Å². The van der Waals surface area contributed by atoms with Gasteiger partial charge in [0.1, 0.15) is 0 Å². The third-order valence-corrected chi connectivity index (χ3v) is 0.841. The van der Waals surface area contributed by atoms with Crippen LogP contribution in [-0.2, 0) is 9.63 Å². The first kappa shape index (κ1) is 8.43. The molecule has 0 rings (SSSR count). The number of amides is 1. The first-order valence-corrected chi connectivity index (χ1v) is 3.10. The van der Waals surface area contributed by atoms with E-state index in [0.29, 0.717) is 6.61 Å². The summed E-state index contributed by atoms with van der Waals surface area (Å²) in [5.74, 6) is -0.0756. The second-order valence-corrected chi connectivity index (χ2v) is 2.05. The van der Waals surface area contributed by atoms with Gasteiger partial charge in [0.2, 0.25) is 5.91 Å². The summed E-state index contributed by atoms with van der Waals surface area (Å²) < 4.78 is 0. The molecule has 3 heteroatoms. The molecule has 0 aliphatic heterocycles. The van der Waals surface area contributed by atoms with Crippen LogP contribution in [0.1, 0.15) is 20.8 Å². The van der Waals surface area contributed by atoms with Crippen molar-refractivity contribution in [3.05, 3.63) is 0 Å². The van der Waals surface area contributed by atoms with Crippen LogP contribution in [0.15, 0.2) is 0 Å². The molecule has 3 nitrogen and oxygen atoms in total. The minimum Gasteiger partial charge on any atom is -0.274 e. The lowest BCUT2D eigenvalue weighted by atomic mass is 10.2. The number of carbonyl (C=O) groups excluding carboxylic acids is 1. The van der Waals surface area contributed by atoms with Gasteiger partial charge in [0.05, 0.1) is 6.61 Å². The van der Waals surface area contributed by atoms with Crippen molar-refractivity contribution in [2.45, 2.75) is 20.8 Å². The second-order valence-electron chi connectivity index (χ2n) is 2.05. The zero-order valence-corrected chi connectivity index (χ0v) is 6.10. The van der Waals surface area contributed by atoms with Crippen molar-refractivity contribution in [1.29, 1.82) is 0 Å². The average Bonchev–Trinajstić information content (AvgIpc) is 1.82. The van der Waals surface area contributed by atoms with Crippen LogP contribution >= 0.6 is 0 Å². The fourth-order valence-electron chi connectivity index (χ4n) is 0.261. The fraction of sp³-hybridized carbons (Fsp3) is 0.833. The molecular weight excluding hydrogens is 118 g/mol. The van der Waals surface area contributed by atoms with E-state index in [2.05, 4.69) is 10.3 Å². The number of carbonyl (C=O) groups is 1. The number of hydrogen-bond donors (Lipinski definition) is 1. The van der Waals surface area contributed by atoms with Gasteiger partial charge in [0, 0.05) is 5.92 Å². The van der Waals surface area contributed by atoms with Gasteiger partial charge >= 0.3 is 0 Å². The Bertz CT molecular complexity index is 91.1. The Hall–Kier alpha value is -0.570. The minimum atomic E-state index is -0.0724. The molecule has 0 aromatic carbocycles. The average molecular weight is 131 g/mol. The van der Waals surface area contributed by atoms with E-state index in [1.807, 2.05) is 20.8 Å². The minimum absolute atomic E-state index is 0.00319. The molecule has 0 heterocycles. The lowest BCUT2D eigenvalue weighted by Crippen LogP contribution is -2.27. The Labute approximate surface area is 55.3 Å². The Kier molecular flexibility index (Phi) is 4.05. The van der Waals surface area contributed by atoms with Crippen molar-refractivity contribution in [2.75, 3.05) is 6.61 Å². The second kappa shape index (κ2) is 4.32. The smallest absolute Gasteiger partial charge is 0.246 e. The summed E-state index contributed by atoms with van der Waals surface area (Å²) in [5.41, 5.74) is 2.29. The standard InChI is InChI=1S/C6H13NO2/c1-4-9-7-6(8)5(2)3/h5H,4H2,1-3H3,(H,7,8). The van der Waals surface area contributed by atoms with E-state index in [1.54, 1.807) is 0 Å². The quantitative estimate of drug-likeness (QED) is 0.573. The zero-order valence-electron chi connectivity index (χ0n) is 6.10. The van der Waals surface area contributed by atoms with Crippen molar-refractivity contribution in [3.8, 4) is 0 Å². The van der Waals surface area contributed by atoms with Crippen molar-refractivity contribution < 1.29 is 9.63 Å². The van der Waals surface area contributed by atoms with Crippen LogP contribution < -0.4 is 5.48 Å². The van der Waals surface area contributed by atoms with Crippen LogP contribution in [0.5, 0.6) is 0 Å². The highest BCUT2D eigenvalue weighted by Crippen LogP contribution is 1.89. The molecule has 0 radical (unpaired) electrons. The molecule has 0 aliphatic carbocycles. The fourth-order valence-corrected chi connectivity index (χ4v) is 0.261. The van der Waals surface area contributed by atoms with Gasteiger partial charge in [-0.1, -0.05) is 13.8 Å². The summed E-state index contributed by atoms with van der Waals surface area (Å²) in [7, 11) is 0. The third kappa shape index (κ3) is 3.97. The zero-order chi connectivity index (χ0) is 7.28. The molecule has 0 bridgehead atoms.